The number of carbonyl (C=O) groups is 2. The van der Waals surface area contributed by atoms with Crippen molar-refractivity contribution in [3.63, 3.8) is 0 Å². The van der Waals surface area contributed by atoms with Crippen LogP contribution < -0.4 is 0 Å². The van der Waals surface area contributed by atoms with Gasteiger partial charge in [-0.25, -0.2) is 0 Å². The number of methoxy groups -OCH3 is 2. The van der Waals surface area contributed by atoms with Gasteiger partial charge in [0.25, 0.3) is 0 Å². The molecule has 204 valence electrons. The van der Waals surface area contributed by atoms with E-state index in [0.29, 0.717) is 19.3 Å². The Balaban J connectivity index is 3.26. The van der Waals surface area contributed by atoms with Crippen molar-refractivity contribution in [2.24, 2.45) is 11.3 Å². The molecule has 5 nitrogen and oxygen atoms in total. The molecule has 0 aliphatic heterocycles. The van der Waals surface area contributed by atoms with Crippen molar-refractivity contribution in [1.82, 2.24) is 0 Å². The van der Waals surface area contributed by atoms with Gasteiger partial charge in [0.2, 0.25) is 0 Å². The van der Waals surface area contributed by atoms with Crippen LogP contribution >= 0.6 is 0 Å². The van der Waals surface area contributed by atoms with Crippen LogP contribution in [0.3, 0.4) is 0 Å². The maximum absolute atomic E-state index is 12.8. The molecule has 1 fully saturated rings. The Morgan fingerprint density at radius 2 is 1.40 bits per heavy atom. The van der Waals surface area contributed by atoms with Crippen molar-refractivity contribution in [3.8, 4) is 0 Å². The first kappa shape index (κ1) is 32.7. The van der Waals surface area contributed by atoms with E-state index in [9.17, 15) is 9.59 Å². The molecule has 0 spiro atoms. The third-order valence-corrected chi connectivity index (χ3v) is 24.0. The van der Waals surface area contributed by atoms with E-state index in [2.05, 4.69) is 52.6 Å². The summed E-state index contributed by atoms with van der Waals surface area (Å²) in [7, 11) is 0.938. The van der Waals surface area contributed by atoms with Gasteiger partial charge in [-0.05, 0) is 0 Å². The van der Waals surface area contributed by atoms with Crippen LogP contribution in [0.4, 0.5) is 0 Å². The minimum absolute atomic E-state index is 0.0150. The topological polar surface area (TPSA) is 61.8 Å². The summed E-state index contributed by atoms with van der Waals surface area (Å²) in [5.74, 6) is -0.936. The molecule has 7 heteroatoms. The SMILES string of the molecule is CCC[CH2][Sn]([CH2]/C=C/[C@@H]1CC(C(=O)OC)(C(=O)OC)CC[C@H]1O[Si](C)(C)C)([CH2]CCC)[CH2]CCC. The second kappa shape index (κ2) is 15.8. The number of ether oxygens (including phenoxy) is 2. The molecule has 0 saturated heterocycles. The third kappa shape index (κ3) is 10.1. The van der Waals surface area contributed by atoms with Crippen LogP contribution in [-0.2, 0) is 23.5 Å². The second-order valence-corrected chi connectivity index (χ2v) is 30.2. The number of rotatable bonds is 16. The first-order valence-corrected chi connectivity index (χ1v) is 25.5. The van der Waals surface area contributed by atoms with Gasteiger partial charge in [-0.1, -0.05) is 0 Å². The van der Waals surface area contributed by atoms with Gasteiger partial charge in [0.15, 0.2) is 0 Å². The van der Waals surface area contributed by atoms with Crippen molar-refractivity contribution >= 4 is 38.6 Å². The van der Waals surface area contributed by atoms with E-state index in [1.54, 1.807) is 0 Å². The molecule has 1 aliphatic carbocycles. The Kier molecular flexibility index (Phi) is 14.8. The summed E-state index contributed by atoms with van der Waals surface area (Å²) in [5, 5.41) is 0. The van der Waals surface area contributed by atoms with E-state index in [-0.39, 0.29) is 12.0 Å². The quantitative estimate of drug-likeness (QED) is 0.0768. The van der Waals surface area contributed by atoms with Gasteiger partial charge in [-0.15, -0.1) is 0 Å². The van der Waals surface area contributed by atoms with Crippen LogP contribution in [0.2, 0.25) is 37.4 Å². The molecule has 0 unspecified atom stereocenters. The number of allylic oxidation sites excluding steroid dienone is 1. The predicted octanol–water partition coefficient (Wildman–Crippen LogP) is 7.74. The Morgan fingerprint density at radius 3 is 1.80 bits per heavy atom. The summed E-state index contributed by atoms with van der Waals surface area (Å²) in [6, 6.07) is 0. The van der Waals surface area contributed by atoms with Gasteiger partial charge in [0, 0.05) is 0 Å². The van der Waals surface area contributed by atoms with Gasteiger partial charge in [-0.3, -0.25) is 0 Å². The fraction of sp³-hybridized carbons (Fsp3) is 0.857. The maximum atomic E-state index is 12.8. The summed E-state index contributed by atoms with van der Waals surface area (Å²) < 4.78 is 22.5. The average molecular weight is 618 g/mol. The van der Waals surface area contributed by atoms with E-state index in [1.165, 1.54) is 70.5 Å². The van der Waals surface area contributed by atoms with Crippen LogP contribution in [0, 0.1) is 11.3 Å². The summed E-state index contributed by atoms with van der Waals surface area (Å²) in [4.78, 5) is 25.7. The van der Waals surface area contributed by atoms with E-state index in [0.717, 1.165) is 0 Å². The van der Waals surface area contributed by atoms with Crippen molar-refractivity contribution in [3.05, 3.63) is 12.2 Å². The number of carbonyl (C=O) groups excluding carboxylic acids is 2. The summed E-state index contributed by atoms with van der Waals surface area (Å²) in [6.45, 7) is 13.6. The van der Waals surface area contributed by atoms with E-state index >= 15 is 0 Å². The molecule has 0 aromatic rings. The number of hydrogen-bond donors (Lipinski definition) is 0. The molecule has 1 aliphatic rings. The predicted molar refractivity (Wildman–Crippen MR) is 151 cm³/mol. The van der Waals surface area contributed by atoms with E-state index in [4.69, 9.17) is 13.9 Å². The fourth-order valence-corrected chi connectivity index (χ4v) is 22.1. The molecular formula is C28H54O5SiSn. The van der Waals surface area contributed by atoms with Crippen molar-refractivity contribution in [2.75, 3.05) is 14.2 Å². The summed E-state index contributed by atoms with van der Waals surface area (Å²) >= 11 is -2.30. The molecular weight excluding hydrogens is 563 g/mol. The standard InChI is InChI=1S/C16H27O5Si.3C4H9.Sn/c1-7-8-12-11-16(14(17)19-2,15(18)20-3)10-9-13(12)21-22(4,5)6;3*1-3-4-2;/h7-8,12-13H,1,9-11H2,2-6H3;3*1,3-4H2,2H3;/b8-7+;;;;/t12-,13-;;;;/m1..../s1. The molecule has 1 rings (SSSR count). The molecule has 1 saturated carbocycles. The van der Waals surface area contributed by atoms with E-state index in [1.807, 2.05) is 0 Å². The zero-order chi connectivity index (χ0) is 26.5. The second-order valence-electron chi connectivity index (χ2n) is 11.7. The van der Waals surface area contributed by atoms with Crippen molar-refractivity contribution in [1.29, 1.82) is 0 Å². The first-order chi connectivity index (χ1) is 16.5. The Hall–Kier alpha value is -0.344. The van der Waals surface area contributed by atoms with Gasteiger partial charge >= 0.3 is 222 Å². The van der Waals surface area contributed by atoms with Gasteiger partial charge in [0.05, 0.1) is 0 Å². The average Bonchev–Trinajstić information content (AvgIpc) is 2.83. The van der Waals surface area contributed by atoms with Gasteiger partial charge < -0.3 is 0 Å². The molecule has 0 amide bonds. The molecule has 0 heterocycles. The van der Waals surface area contributed by atoms with Gasteiger partial charge in [0.1, 0.15) is 0 Å². The zero-order valence-corrected chi connectivity index (χ0v) is 27.9. The molecule has 0 radical (unpaired) electrons. The Bertz CT molecular complexity index is 635. The van der Waals surface area contributed by atoms with Crippen LogP contribution in [-0.4, -0.2) is 59.0 Å². The number of esters is 2. The summed E-state index contributed by atoms with van der Waals surface area (Å²) in [6.07, 6.45) is 14.2. The normalized spacial score (nSPS) is 20.7. The van der Waals surface area contributed by atoms with Crippen LogP contribution in [0.15, 0.2) is 12.2 Å². The fourth-order valence-electron chi connectivity index (χ4n) is 5.71. The van der Waals surface area contributed by atoms with Crippen molar-refractivity contribution in [2.45, 2.75) is 122 Å². The van der Waals surface area contributed by atoms with Gasteiger partial charge in [-0.2, -0.15) is 0 Å². The first-order valence-electron chi connectivity index (χ1n) is 14.0. The molecule has 0 aromatic carbocycles. The van der Waals surface area contributed by atoms with Crippen LogP contribution in [0.25, 0.3) is 0 Å². The Labute approximate surface area is 221 Å². The molecule has 0 bridgehead atoms. The minimum atomic E-state index is -2.30. The molecule has 2 atom stereocenters. The molecule has 0 aromatic heterocycles. The molecule has 0 N–H and O–H groups in total. The van der Waals surface area contributed by atoms with Crippen LogP contribution in [0.5, 0.6) is 0 Å². The van der Waals surface area contributed by atoms with E-state index < -0.39 is 44.0 Å². The van der Waals surface area contributed by atoms with Crippen molar-refractivity contribution < 1.29 is 23.5 Å². The Morgan fingerprint density at radius 1 is 0.914 bits per heavy atom. The number of unbranched alkanes of at least 4 members (excludes halogenated alkanes) is 3. The number of hydrogen-bond acceptors (Lipinski definition) is 5. The third-order valence-electron chi connectivity index (χ3n) is 7.69. The zero-order valence-electron chi connectivity index (χ0n) is 24.0. The molecule has 35 heavy (non-hydrogen) atoms. The monoisotopic (exact) mass is 618 g/mol. The summed E-state index contributed by atoms with van der Waals surface area (Å²) in [5.41, 5.74) is -1.23. The van der Waals surface area contributed by atoms with Crippen LogP contribution in [0.1, 0.15) is 78.6 Å².